The smallest absolute Gasteiger partial charge is 0.122 e. The fourth-order valence-corrected chi connectivity index (χ4v) is 1.92. The van der Waals surface area contributed by atoms with Gasteiger partial charge in [0.05, 0.1) is 0 Å². The lowest BCUT2D eigenvalue weighted by Gasteiger charge is -2.09. The van der Waals surface area contributed by atoms with Gasteiger partial charge in [0.1, 0.15) is 29.7 Å². The number of rotatable bonds is 6. The molecular formula is C15H14ClNO2S. The maximum Gasteiger partial charge on any atom is 0.122 e. The number of nitrogens with two attached hydrogens (primary N) is 1. The highest BCUT2D eigenvalue weighted by Gasteiger charge is 2.00. The molecule has 2 aromatic carbocycles. The van der Waals surface area contributed by atoms with Crippen LogP contribution in [0, 0.1) is 0 Å². The summed E-state index contributed by atoms with van der Waals surface area (Å²) in [6.07, 6.45) is 0. The zero-order valence-electron chi connectivity index (χ0n) is 10.7. The van der Waals surface area contributed by atoms with Crippen molar-refractivity contribution in [3.8, 4) is 11.5 Å². The molecule has 0 aliphatic heterocycles. The summed E-state index contributed by atoms with van der Waals surface area (Å²) in [6, 6.07) is 14.6. The van der Waals surface area contributed by atoms with E-state index in [1.807, 2.05) is 36.4 Å². The lowest BCUT2D eigenvalue weighted by Crippen LogP contribution is -2.11. The zero-order chi connectivity index (χ0) is 14.4. The van der Waals surface area contributed by atoms with Crippen molar-refractivity contribution < 1.29 is 9.47 Å². The molecule has 5 heteroatoms. The van der Waals surface area contributed by atoms with E-state index in [1.165, 1.54) is 0 Å². The molecule has 0 saturated carbocycles. The molecule has 0 aromatic heterocycles. The summed E-state index contributed by atoms with van der Waals surface area (Å²) in [4.78, 5) is 0.352. The summed E-state index contributed by atoms with van der Waals surface area (Å²) in [7, 11) is 0. The lowest BCUT2D eigenvalue weighted by molar-refractivity contribution is 0.217. The van der Waals surface area contributed by atoms with Gasteiger partial charge in [-0.2, -0.15) is 0 Å². The van der Waals surface area contributed by atoms with Crippen molar-refractivity contribution >= 4 is 28.8 Å². The van der Waals surface area contributed by atoms with Crippen LogP contribution in [0.1, 0.15) is 5.56 Å². The van der Waals surface area contributed by atoms with Crippen molar-refractivity contribution in [3.05, 3.63) is 59.1 Å². The number of benzene rings is 2. The van der Waals surface area contributed by atoms with Gasteiger partial charge < -0.3 is 15.2 Å². The second kappa shape index (κ2) is 7.12. The van der Waals surface area contributed by atoms with Gasteiger partial charge in [0.25, 0.3) is 0 Å². The minimum Gasteiger partial charge on any atom is -0.490 e. The monoisotopic (exact) mass is 307 g/mol. The van der Waals surface area contributed by atoms with Crippen LogP contribution in [0.2, 0.25) is 5.02 Å². The van der Waals surface area contributed by atoms with Crippen LogP contribution in [0.3, 0.4) is 0 Å². The quantitative estimate of drug-likeness (QED) is 0.656. The molecule has 104 valence electrons. The van der Waals surface area contributed by atoms with E-state index in [9.17, 15) is 0 Å². The van der Waals surface area contributed by atoms with E-state index < -0.39 is 0 Å². The topological polar surface area (TPSA) is 44.5 Å². The SMILES string of the molecule is NC(=S)c1cccc(OCCOc2cccc(Cl)c2)c1. The largest absolute Gasteiger partial charge is 0.490 e. The highest BCUT2D eigenvalue weighted by molar-refractivity contribution is 7.80. The van der Waals surface area contributed by atoms with Crippen molar-refractivity contribution in [2.75, 3.05) is 13.2 Å². The van der Waals surface area contributed by atoms with E-state index in [0.717, 1.165) is 11.3 Å². The third-order valence-electron chi connectivity index (χ3n) is 2.54. The van der Waals surface area contributed by atoms with Crippen molar-refractivity contribution in [1.29, 1.82) is 0 Å². The average molecular weight is 308 g/mol. The molecule has 0 amide bonds. The van der Waals surface area contributed by atoms with Gasteiger partial charge in [0.15, 0.2) is 0 Å². The number of ether oxygens (including phenoxy) is 2. The molecular weight excluding hydrogens is 294 g/mol. The molecule has 2 aromatic rings. The Morgan fingerprint density at radius 3 is 2.20 bits per heavy atom. The Morgan fingerprint density at radius 2 is 1.60 bits per heavy atom. The van der Waals surface area contributed by atoms with Crippen LogP contribution in [-0.2, 0) is 0 Å². The lowest BCUT2D eigenvalue weighted by atomic mass is 10.2. The molecule has 20 heavy (non-hydrogen) atoms. The van der Waals surface area contributed by atoms with Gasteiger partial charge in [0.2, 0.25) is 0 Å². The van der Waals surface area contributed by atoms with E-state index in [0.29, 0.717) is 29.0 Å². The summed E-state index contributed by atoms with van der Waals surface area (Å²) >= 11 is 10.8. The second-order valence-corrected chi connectivity index (χ2v) is 4.92. The zero-order valence-corrected chi connectivity index (χ0v) is 12.3. The first-order valence-corrected chi connectivity index (χ1v) is 6.85. The molecule has 0 aliphatic carbocycles. The van der Waals surface area contributed by atoms with Crippen LogP contribution < -0.4 is 15.2 Å². The minimum absolute atomic E-state index is 0.352. The fourth-order valence-electron chi connectivity index (χ4n) is 1.61. The first kappa shape index (κ1) is 14.6. The number of hydrogen-bond donors (Lipinski definition) is 1. The van der Waals surface area contributed by atoms with Crippen molar-refractivity contribution in [2.24, 2.45) is 5.73 Å². The molecule has 2 rings (SSSR count). The molecule has 2 N–H and O–H groups in total. The normalized spacial score (nSPS) is 10.1. The number of halogens is 1. The average Bonchev–Trinajstić information content (AvgIpc) is 2.44. The molecule has 0 saturated heterocycles. The Balaban J connectivity index is 1.81. The number of thiocarbonyl (C=S) groups is 1. The molecule has 0 fully saturated rings. The minimum atomic E-state index is 0.352. The molecule has 0 heterocycles. The summed E-state index contributed by atoms with van der Waals surface area (Å²) in [5.41, 5.74) is 6.35. The second-order valence-electron chi connectivity index (χ2n) is 4.05. The predicted molar refractivity (Wildman–Crippen MR) is 84.8 cm³/mol. The third kappa shape index (κ3) is 4.40. The Morgan fingerprint density at radius 1 is 1.00 bits per heavy atom. The van der Waals surface area contributed by atoms with Crippen LogP contribution in [0.4, 0.5) is 0 Å². The van der Waals surface area contributed by atoms with E-state index >= 15 is 0 Å². The molecule has 0 atom stereocenters. The van der Waals surface area contributed by atoms with Gasteiger partial charge in [-0.15, -0.1) is 0 Å². The van der Waals surface area contributed by atoms with Gasteiger partial charge in [-0.3, -0.25) is 0 Å². The standard InChI is InChI=1S/C15H14ClNO2S/c16-12-4-2-6-14(10-12)19-8-7-18-13-5-1-3-11(9-13)15(17)20/h1-6,9-10H,7-8H2,(H2,17,20). The van der Waals surface area contributed by atoms with E-state index in [-0.39, 0.29) is 0 Å². The summed E-state index contributed by atoms with van der Waals surface area (Å²) < 4.78 is 11.1. The van der Waals surface area contributed by atoms with Crippen molar-refractivity contribution in [2.45, 2.75) is 0 Å². The Bertz CT molecular complexity index is 604. The van der Waals surface area contributed by atoms with Crippen LogP contribution in [-0.4, -0.2) is 18.2 Å². The number of hydrogen-bond acceptors (Lipinski definition) is 3. The molecule has 0 unspecified atom stereocenters. The highest BCUT2D eigenvalue weighted by Crippen LogP contribution is 2.17. The van der Waals surface area contributed by atoms with Crippen LogP contribution in [0.25, 0.3) is 0 Å². The molecule has 0 aliphatic rings. The van der Waals surface area contributed by atoms with Gasteiger partial charge in [-0.25, -0.2) is 0 Å². The van der Waals surface area contributed by atoms with Gasteiger partial charge in [0, 0.05) is 10.6 Å². The van der Waals surface area contributed by atoms with Crippen molar-refractivity contribution in [3.63, 3.8) is 0 Å². The maximum atomic E-state index is 5.87. The van der Waals surface area contributed by atoms with Crippen LogP contribution in [0.5, 0.6) is 11.5 Å². The first-order valence-electron chi connectivity index (χ1n) is 6.06. The van der Waals surface area contributed by atoms with Crippen LogP contribution >= 0.6 is 23.8 Å². The molecule has 0 spiro atoms. The van der Waals surface area contributed by atoms with Gasteiger partial charge >= 0.3 is 0 Å². The molecule has 0 radical (unpaired) electrons. The van der Waals surface area contributed by atoms with E-state index in [4.69, 9.17) is 39.0 Å². The fraction of sp³-hybridized carbons (Fsp3) is 0.133. The Labute approximate surface area is 128 Å². The molecule has 3 nitrogen and oxygen atoms in total. The molecule has 0 bridgehead atoms. The summed E-state index contributed by atoms with van der Waals surface area (Å²) in [5, 5.41) is 0.646. The van der Waals surface area contributed by atoms with Crippen LogP contribution in [0.15, 0.2) is 48.5 Å². The maximum absolute atomic E-state index is 5.87. The Kier molecular flexibility index (Phi) is 5.21. The predicted octanol–water partition coefficient (Wildman–Crippen LogP) is 3.43. The first-order chi connectivity index (χ1) is 9.65. The van der Waals surface area contributed by atoms with Gasteiger partial charge in [-0.05, 0) is 30.3 Å². The Hall–Kier alpha value is -1.78. The summed E-state index contributed by atoms with van der Waals surface area (Å²) in [5.74, 6) is 1.43. The third-order valence-corrected chi connectivity index (χ3v) is 3.01. The summed E-state index contributed by atoms with van der Waals surface area (Å²) in [6.45, 7) is 0.852. The van der Waals surface area contributed by atoms with E-state index in [1.54, 1.807) is 12.1 Å². The highest BCUT2D eigenvalue weighted by atomic mass is 35.5. The van der Waals surface area contributed by atoms with E-state index in [2.05, 4.69) is 0 Å². The van der Waals surface area contributed by atoms with Crippen molar-refractivity contribution in [1.82, 2.24) is 0 Å². The van der Waals surface area contributed by atoms with Gasteiger partial charge in [-0.1, -0.05) is 42.0 Å².